The normalized spacial score (nSPS) is 10.3. The maximum absolute atomic E-state index is 11.5. The number of benzene rings is 1. The SMILES string of the molecule is CC(=O)c1cc(N(C)CCc2ccncc2)ccc1N. The number of carbonyl (C=O) groups is 1. The van der Waals surface area contributed by atoms with E-state index in [4.69, 9.17) is 5.73 Å². The van der Waals surface area contributed by atoms with E-state index in [0.29, 0.717) is 11.3 Å². The van der Waals surface area contributed by atoms with Gasteiger partial charge in [0.1, 0.15) is 0 Å². The lowest BCUT2D eigenvalue weighted by Gasteiger charge is -2.20. The second-order valence-corrected chi connectivity index (χ2v) is 4.85. The predicted octanol–water partition coefficient (Wildman–Crippen LogP) is 2.55. The molecule has 1 heterocycles. The number of nitrogens with two attached hydrogens (primary N) is 1. The van der Waals surface area contributed by atoms with Gasteiger partial charge in [0, 0.05) is 42.9 Å². The van der Waals surface area contributed by atoms with Crippen LogP contribution >= 0.6 is 0 Å². The number of Topliss-reactive ketones (excluding diaryl/α,β-unsaturated/α-hetero) is 1. The van der Waals surface area contributed by atoms with Crippen molar-refractivity contribution in [2.75, 3.05) is 24.2 Å². The van der Waals surface area contributed by atoms with E-state index in [2.05, 4.69) is 9.88 Å². The van der Waals surface area contributed by atoms with Crippen LogP contribution in [0.3, 0.4) is 0 Å². The van der Waals surface area contributed by atoms with Gasteiger partial charge in [-0.25, -0.2) is 0 Å². The third-order valence-corrected chi connectivity index (χ3v) is 3.34. The van der Waals surface area contributed by atoms with Gasteiger partial charge in [0.15, 0.2) is 5.78 Å². The zero-order chi connectivity index (χ0) is 14.5. The summed E-state index contributed by atoms with van der Waals surface area (Å²) in [5.41, 5.74) is 9.17. The fourth-order valence-corrected chi connectivity index (χ4v) is 2.06. The molecule has 2 rings (SSSR count). The Morgan fingerprint density at radius 1 is 1.25 bits per heavy atom. The predicted molar refractivity (Wildman–Crippen MR) is 82.1 cm³/mol. The minimum absolute atomic E-state index is 0.00752. The molecule has 20 heavy (non-hydrogen) atoms. The van der Waals surface area contributed by atoms with Crippen molar-refractivity contribution in [1.29, 1.82) is 0 Å². The zero-order valence-electron chi connectivity index (χ0n) is 11.8. The lowest BCUT2D eigenvalue weighted by molar-refractivity contribution is 0.101. The van der Waals surface area contributed by atoms with Gasteiger partial charge in [0.25, 0.3) is 0 Å². The van der Waals surface area contributed by atoms with Gasteiger partial charge in [0.2, 0.25) is 0 Å². The van der Waals surface area contributed by atoms with Gasteiger partial charge in [-0.05, 0) is 49.2 Å². The first-order valence-electron chi connectivity index (χ1n) is 6.58. The molecule has 0 saturated heterocycles. The first-order valence-corrected chi connectivity index (χ1v) is 6.58. The summed E-state index contributed by atoms with van der Waals surface area (Å²) in [6, 6.07) is 9.60. The molecule has 0 fully saturated rings. The smallest absolute Gasteiger partial charge is 0.161 e. The molecule has 0 radical (unpaired) electrons. The van der Waals surface area contributed by atoms with Crippen LogP contribution in [0.2, 0.25) is 0 Å². The Morgan fingerprint density at radius 3 is 2.60 bits per heavy atom. The molecule has 0 amide bonds. The molecular weight excluding hydrogens is 250 g/mol. The zero-order valence-corrected chi connectivity index (χ0v) is 11.8. The van der Waals surface area contributed by atoms with E-state index in [-0.39, 0.29) is 5.78 Å². The molecule has 104 valence electrons. The average molecular weight is 269 g/mol. The molecule has 2 aromatic rings. The van der Waals surface area contributed by atoms with Gasteiger partial charge < -0.3 is 10.6 Å². The lowest BCUT2D eigenvalue weighted by atomic mass is 10.1. The summed E-state index contributed by atoms with van der Waals surface area (Å²) in [7, 11) is 2.01. The number of ketones is 1. The number of rotatable bonds is 5. The van der Waals surface area contributed by atoms with Gasteiger partial charge in [-0.15, -0.1) is 0 Å². The van der Waals surface area contributed by atoms with E-state index >= 15 is 0 Å². The maximum Gasteiger partial charge on any atom is 0.161 e. The Bertz CT molecular complexity index is 596. The van der Waals surface area contributed by atoms with E-state index in [0.717, 1.165) is 18.7 Å². The van der Waals surface area contributed by atoms with Crippen molar-refractivity contribution in [2.45, 2.75) is 13.3 Å². The summed E-state index contributed by atoms with van der Waals surface area (Å²) in [5, 5.41) is 0. The molecule has 2 N–H and O–H groups in total. The van der Waals surface area contributed by atoms with Crippen molar-refractivity contribution in [1.82, 2.24) is 4.98 Å². The minimum atomic E-state index is -0.00752. The fourth-order valence-electron chi connectivity index (χ4n) is 2.06. The van der Waals surface area contributed by atoms with Crippen molar-refractivity contribution >= 4 is 17.2 Å². The molecule has 1 aromatic heterocycles. The third-order valence-electron chi connectivity index (χ3n) is 3.34. The van der Waals surface area contributed by atoms with Gasteiger partial charge in [-0.3, -0.25) is 9.78 Å². The van der Waals surface area contributed by atoms with E-state index in [1.165, 1.54) is 12.5 Å². The minimum Gasteiger partial charge on any atom is -0.398 e. The molecule has 4 nitrogen and oxygen atoms in total. The second-order valence-electron chi connectivity index (χ2n) is 4.85. The van der Waals surface area contributed by atoms with Crippen LogP contribution < -0.4 is 10.6 Å². The Morgan fingerprint density at radius 2 is 1.95 bits per heavy atom. The monoisotopic (exact) mass is 269 g/mol. The van der Waals surface area contributed by atoms with Crippen molar-refractivity contribution in [3.05, 3.63) is 53.9 Å². The van der Waals surface area contributed by atoms with Crippen LogP contribution in [0.4, 0.5) is 11.4 Å². The van der Waals surface area contributed by atoms with Crippen LogP contribution in [0, 0.1) is 0 Å². The lowest BCUT2D eigenvalue weighted by Crippen LogP contribution is -2.20. The van der Waals surface area contributed by atoms with Gasteiger partial charge in [-0.1, -0.05) is 0 Å². The summed E-state index contributed by atoms with van der Waals surface area (Å²) in [4.78, 5) is 17.6. The number of nitrogens with zero attached hydrogens (tertiary/aromatic N) is 2. The number of pyridine rings is 1. The van der Waals surface area contributed by atoms with E-state index < -0.39 is 0 Å². The summed E-state index contributed by atoms with van der Waals surface area (Å²) < 4.78 is 0. The number of hydrogen-bond donors (Lipinski definition) is 1. The summed E-state index contributed by atoms with van der Waals surface area (Å²) in [5.74, 6) is -0.00752. The van der Waals surface area contributed by atoms with Crippen LogP contribution in [0.25, 0.3) is 0 Å². The highest BCUT2D eigenvalue weighted by Gasteiger charge is 2.08. The highest BCUT2D eigenvalue weighted by molar-refractivity contribution is 6.00. The summed E-state index contributed by atoms with van der Waals surface area (Å²) in [6.45, 7) is 2.40. The van der Waals surface area contributed by atoms with Crippen LogP contribution in [-0.2, 0) is 6.42 Å². The molecule has 0 atom stereocenters. The number of hydrogen-bond acceptors (Lipinski definition) is 4. The number of likely N-dealkylation sites (N-methyl/N-ethyl adjacent to an activating group) is 1. The van der Waals surface area contributed by atoms with Gasteiger partial charge in [-0.2, -0.15) is 0 Å². The molecule has 4 heteroatoms. The van der Waals surface area contributed by atoms with Crippen molar-refractivity contribution in [2.24, 2.45) is 0 Å². The summed E-state index contributed by atoms with van der Waals surface area (Å²) in [6.07, 6.45) is 4.53. The van der Waals surface area contributed by atoms with Crippen LogP contribution in [0.5, 0.6) is 0 Å². The number of carbonyl (C=O) groups excluding carboxylic acids is 1. The molecule has 0 aliphatic carbocycles. The van der Waals surface area contributed by atoms with Crippen LogP contribution in [-0.4, -0.2) is 24.4 Å². The first kappa shape index (κ1) is 14.1. The quantitative estimate of drug-likeness (QED) is 0.669. The van der Waals surface area contributed by atoms with E-state index in [1.807, 2.05) is 31.3 Å². The van der Waals surface area contributed by atoms with Gasteiger partial charge >= 0.3 is 0 Å². The summed E-state index contributed by atoms with van der Waals surface area (Å²) >= 11 is 0. The van der Waals surface area contributed by atoms with Crippen LogP contribution in [0.1, 0.15) is 22.8 Å². The van der Waals surface area contributed by atoms with Gasteiger partial charge in [0.05, 0.1) is 0 Å². The molecule has 1 aromatic carbocycles. The number of aromatic nitrogens is 1. The Balaban J connectivity index is 2.07. The molecule has 0 aliphatic rings. The maximum atomic E-state index is 11.5. The van der Waals surface area contributed by atoms with Crippen LogP contribution in [0.15, 0.2) is 42.7 Å². The number of nitrogen functional groups attached to an aromatic ring is 1. The Hall–Kier alpha value is -2.36. The van der Waals surface area contributed by atoms with Crippen molar-refractivity contribution in [3.8, 4) is 0 Å². The topological polar surface area (TPSA) is 59.2 Å². The van der Waals surface area contributed by atoms with Crippen molar-refractivity contribution in [3.63, 3.8) is 0 Å². The fraction of sp³-hybridized carbons (Fsp3) is 0.250. The molecule has 0 saturated carbocycles. The standard InChI is InChI=1S/C16H19N3O/c1-12(20)15-11-14(3-4-16(15)17)19(2)10-7-13-5-8-18-9-6-13/h3-6,8-9,11H,7,10,17H2,1-2H3. The highest BCUT2D eigenvalue weighted by Crippen LogP contribution is 2.21. The molecular formula is C16H19N3O. The van der Waals surface area contributed by atoms with Crippen molar-refractivity contribution < 1.29 is 4.79 Å². The molecule has 0 aliphatic heterocycles. The molecule has 0 unspecified atom stereocenters. The third kappa shape index (κ3) is 3.35. The Labute approximate surface area is 119 Å². The van der Waals surface area contributed by atoms with E-state index in [9.17, 15) is 4.79 Å². The number of anilines is 2. The molecule has 0 spiro atoms. The average Bonchev–Trinajstić information content (AvgIpc) is 2.46. The second kappa shape index (κ2) is 6.19. The molecule has 0 bridgehead atoms. The Kier molecular flexibility index (Phi) is 4.35. The van der Waals surface area contributed by atoms with E-state index in [1.54, 1.807) is 18.5 Å². The highest BCUT2D eigenvalue weighted by atomic mass is 16.1. The first-order chi connectivity index (χ1) is 9.58. The largest absolute Gasteiger partial charge is 0.398 e.